The normalized spacial score (nSPS) is 18.2. The second-order valence-electron chi connectivity index (χ2n) is 8.57. The molecule has 0 radical (unpaired) electrons. The summed E-state index contributed by atoms with van der Waals surface area (Å²) >= 11 is 1.74. The molecule has 0 spiro atoms. The van der Waals surface area contributed by atoms with Gasteiger partial charge in [0, 0.05) is 6.54 Å². The lowest BCUT2D eigenvalue weighted by Gasteiger charge is -2.42. The summed E-state index contributed by atoms with van der Waals surface area (Å²) in [4.78, 5) is 9.18. The second kappa shape index (κ2) is 12.3. The van der Waals surface area contributed by atoms with Crippen LogP contribution >= 0.6 is 11.8 Å². The fraction of sp³-hybridized carbons (Fsp3) is 0.542. The topological polar surface area (TPSA) is 83.8 Å². The van der Waals surface area contributed by atoms with Gasteiger partial charge in [-0.1, -0.05) is 45.7 Å². The van der Waals surface area contributed by atoms with E-state index in [9.17, 15) is 4.39 Å². The molecule has 2 aromatic rings. The minimum Gasteiger partial charge on any atom is -0.319 e. The maximum Gasteiger partial charge on any atom is 0.160 e. The molecule has 1 aromatic heterocycles. The van der Waals surface area contributed by atoms with Crippen molar-refractivity contribution in [1.82, 2.24) is 20.2 Å². The number of hydrazine groups is 1. The van der Waals surface area contributed by atoms with Gasteiger partial charge in [-0.25, -0.2) is 19.5 Å². The predicted molar refractivity (Wildman–Crippen MR) is 136 cm³/mol. The molecule has 1 fully saturated rings. The Morgan fingerprint density at radius 2 is 2.00 bits per heavy atom. The van der Waals surface area contributed by atoms with E-state index in [0.717, 1.165) is 61.6 Å². The van der Waals surface area contributed by atoms with Gasteiger partial charge in [0.15, 0.2) is 11.7 Å². The summed E-state index contributed by atoms with van der Waals surface area (Å²) in [5.74, 6) is 1.72. The molecular weight excluding hydrogens is 437 g/mol. The zero-order valence-electron chi connectivity index (χ0n) is 19.9. The van der Waals surface area contributed by atoms with Crippen molar-refractivity contribution in [1.29, 1.82) is 0 Å². The van der Waals surface area contributed by atoms with Crippen molar-refractivity contribution in [3.63, 3.8) is 0 Å². The first kappa shape index (κ1) is 25.4. The van der Waals surface area contributed by atoms with Gasteiger partial charge in [0.2, 0.25) is 0 Å². The van der Waals surface area contributed by atoms with Gasteiger partial charge in [0.1, 0.15) is 5.82 Å². The van der Waals surface area contributed by atoms with Gasteiger partial charge >= 0.3 is 0 Å². The van der Waals surface area contributed by atoms with Gasteiger partial charge in [-0.3, -0.25) is 10.0 Å². The van der Waals surface area contributed by atoms with Gasteiger partial charge in [-0.05, 0) is 43.2 Å². The van der Waals surface area contributed by atoms with E-state index < -0.39 is 0 Å². The molecule has 3 unspecified atom stereocenters. The van der Waals surface area contributed by atoms with Crippen LogP contribution in [0.25, 0.3) is 0 Å². The number of nitrogens with two attached hydrogens (primary N) is 1. The van der Waals surface area contributed by atoms with E-state index in [1.165, 1.54) is 12.1 Å². The Morgan fingerprint density at radius 3 is 2.64 bits per heavy atom. The van der Waals surface area contributed by atoms with Crippen molar-refractivity contribution in [2.24, 2.45) is 21.6 Å². The number of nitrogens with zero attached hydrogens (tertiary/aromatic N) is 5. The van der Waals surface area contributed by atoms with E-state index in [2.05, 4.69) is 43.0 Å². The molecule has 33 heavy (non-hydrogen) atoms. The summed E-state index contributed by atoms with van der Waals surface area (Å²) in [5.41, 5.74) is 11.4. The van der Waals surface area contributed by atoms with Gasteiger partial charge in [0.25, 0.3) is 0 Å². The van der Waals surface area contributed by atoms with Crippen LogP contribution in [0.3, 0.4) is 0 Å². The maximum atomic E-state index is 13.3. The highest BCUT2D eigenvalue weighted by Gasteiger charge is 2.33. The van der Waals surface area contributed by atoms with Gasteiger partial charge in [-0.2, -0.15) is 5.10 Å². The molecule has 180 valence electrons. The third-order valence-electron chi connectivity index (χ3n) is 5.61. The summed E-state index contributed by atoms with van der Waals surface area (Å²) < 4.78 is 15.2. The van der Waals surface area contributed by atoms with E-state index >= 15 is 0 Å². The molecule has 3 N–H and O–H groups in total. The number of hydrogen-bond acceptors (Lipinski definition) is 6. The van der Waals surface area contributed by atoms with Gasteiger partial charge in [-0.15, -0.1) is 11.8 Å². The molecule has 0 aliphatic carbocycles. The Kier molecular flexibility index (Phi) is 9.46. The van der Waals surface area contributed by atoms with E-state index in [1.807, 2.05) is 15.9 Å². The van der Waals surface area contributed by atoms with Gasteiger partial charge < -0.3 is 5.73 Å². The average Bonchev–Trinajstić information content (AvgIpc) is 3.15. The molecule has 1 saturated heterocycles. The first-order valence-electron chi connectivity index (χ1n) is 11.7. The van der Waals surface area contributed by atoms with Crippen molar-refractivity contribution in [3.8, 4) is 0 Å². The van der Waals surface area contributed by atoms with Crippen LogP contribution in [0.2, 0.25) is 0 Å². The predicted octanol–water partition coefficient (Wildman–Crippen LogP) is 4.70. The quantitative estimate of drug-likeness (QED) is 0.265. The molecule has 1 aliphatic rings. The molecule has 9 heteroatoms. The smallest absolute Gasteiger partial charge is 0.160 e. The summed E-state index contributed by atoms with van der Waals surface area (Å²) in [6.45, 7) is 12.3. The van der Waals surface area contributed by atoms with E-state index in [4.69, 9.17) is 10.7 Å². The Labute approximate surface area is 200 Å². The largest absolute Gasteiger partial charge is 0.319 e. The highest BCUT2D eigenvalue weighted by atomic mass is 32.2. The van der Waals surface area contributed by atoms with Crippen LogP contribution in [0.4, 0.5) is 10.2 Å². The standard InChI is InChI=1S/C24H36FN7S/c1-5-7-17(3)15-31-23(27-4)20(14-29-31)24(28-13-18-9-11-19(25)12-10-18)32-16-22(30-32)33-21(26)8-6-2/h9-12,14,17,21-22,30H,4-8,13,15-16,26H2,1-3H3. The van der Waals surface area contributed by atoms with Crippen LogP contribution in [-0.2, 0) is 13.1 Å². The third-order valence-corrected chi connectivity index (χ3v) is 6.78. The highest BCUT2D eigenvalue weighted by molar-refractivity contribution is 8.00. The summed E-state index contributed by atoms with van der Waals surface area (Å²) in [5, 5.41) is 6.97. The van der Waals surface area contributed by atoms with E-state index in [1.54, 1.807) is 23.9 Å². The van der Waals surface area contributed by atoms with E-state index in [-0.39, 0.29) is 16.6 Å². The molecule has 3 atom stereocenters. The second-order valence-corrected chi connectivity index (χ2v) is 10.0. The number of rotatable bonds is 12. The SMILES string of the molecule is C=Nc1c(C(=NCc2ccc(F)cc2)N2CC(SC(N)CCC)N2)cnn1CC(C)CCC. The number of benzene rings is 1. The minimum absolute atomic E-state index is 0.113. The number of thioether (sulfide) groups is 1. The zero-order chi connectivity index (χ0) is 23.8. The van der Waals surface area contributed by atoms with Crippen LogP contribution in [0.1, 0.15) is 57.6 Å². The first-order chi connectivity index (χ1) is 15.9. The number of amidine groups is 1. The Morgan fingerprint density at radius 1 is 1.30 bits per heavy atom. The molecule has 7 nitrogen and oxygen atoms in total. The van der Waals surface area contributed by atoms with Crippen LogP contribution in [0, 0.1) is 11.7 Å². The maximum absolute atomic E-state index is 13.3. The molecule has 0 bridgehead atoms. The highest BCUT2D eigenvalue weighted by Crippen LogP contribution is 2.28. The van der Waals surface area contributed by atoms with Gasteiger partial charge in [0.05, 0.1) is 35.6 Å². The average molecular weight is 474 g/mol. The third kappa shape index (κ3) is 6.88. The molecule has 2 heterocycles. The molecule has 1 aliphatic heterocycles. The number of hydrogen-bond donors (Lipinski definition) is 2. The first-order valence-corrected chi connectivity index (χ1v) is 12.7. The van der Waals surface area contributed by atoms with Crippen LogP contribution in [0.15, 0.2) is 40.4 Å². The number of nitrogens with one attached hydrogen (secondary N) is 1. The molecular formula is C24H36FN7S. The lowest BCUT2D eigenvalue weighted by atomic mass is 10.1. The molecule has 3 rings (SSSR count). The minimum atomic E-state index is -0.253. The monoisotopic (exact) mass is 473 g/mol. The lowest BCUT2D eigenvalue weighted by Crippen LogP contribution is -2.63. The van der Waals surface area contributed by atoms with E-state index in [0.29, 0.717) is 12.5 Å². The van der Waals surface area contributed by atoms with Crippen LogP contribution in [-0.4, -0.2) is 44.6 Å². The number of halogens is 1. The summed E-state index contributed by atoms with van der Waals surface area (Å²) in [6.07, 6.45) is 6.13. The van der Waals surface area contributed by atoms with Crippen molar-refractivity contribution in [2.75, 3.05) is 6.54 Å². The fourth-order valence-electron chi connectivity index (χ4n) is 3.89. The Bertz CT molecular complexity index is 921. The van der Waals surface area contributed by atoms with Crippen molar-refractivity contribution >= 4 is 30.1 Å². The lowest BCUT2D eigenvalue weighted by molar-refractivity contribution is 0.184. The van der Waals surface area contributed by atoms with Crippen LogP contribution in [0.5, 0.6) is 0 Å². The number of aromatic nitrogens is 2. The molecule has 0 amide bonds. The zero-order valence-corrected chi connectivity index (χ0v) is 20.7. The van der Waals surface area contributed by atoms with Crippen molar-refractivity contribution in [3.05, 3.63) is 47.4 Å². The summed E-state index contributed by atoms with van der Waals surface area (Å²) in [7, 11) is 0. The van der Waals surface area contributed by atoms with Crippen molar-refractivity contribution in [2.45, 2.75) is 70.3 Å². The fourth-order valence-corrected chi connectivity index (χ4v) is 5.11. The molecule has 0 saturated carbocycles. The Balaban J connectivity index is 1.82. The van der Waals surface area contributed by atoms with Crippen LogP contribution < -0.4 is 11.2 Å². The molecule has 1 aromatic carbocycles. The Hall–Kier alpha value is -2.23. The number of aliphatic imine (C=N–C) groups is 2. The van der Waals surface area contributed by atoms with Crippen molar-refractivity contribution < 1.29 is 4.39 Å². The summed E-state index contributed by atoms with van der Waals surface area (Å²) in [6, 6.07) is 6.42.